The van der Waals surface area contributed by atoms with Crippen molar-refractivity contribution in [2.24, 2.45) is 22.6 Å². The van der Waals surface area contributed by atoms with Gasteiger partial charge in [-0.15, -0.1) is 0 Å². The number of hydrogen-bond donors (Lipinski definition) is 1. The Labute approximate surface area is 87.0 Å². The summed E-state index contributed by atoms with van der Waals surface area (Å²) >= 11 is 0. The molecule has 0 bridgehead atoms. The Morgan fingerprint density at radius 2 is 1.64 bits per heavy atom. The lowest BCUT2D eigenvalue weighted by Gasteiger charge is -2.10. The summed E-state index contributed by atoms with van der Waals surface area (Å²) < 4.78 is 0. The van der Waals surface area contributed by atoms with E-state index in [1.807, 2.05) is 0 Å². The maximum Gasteiger partial charge on any atom is 0.0968 e. The molecule has 2 fully saturated rings. The Morgan fingerprint density at radius 3 is 2.21 bits per heavy atom. The molecule has 2 aliphatic carbocycles. The molecule has 0 aliphatic heterocycles. The van der Waals surface area contributed by atoms with Crippen LogP contribution in [-0.2, 0) is 0 Å². The van der Waals surface area contributed by atoms with Gasteiger partial charge in [0.15, 0.2) is 0 Å². The van der Waals surface area contributed by atoms with Crippen LogP contribution < -0.4 is 5.73 Å². The first-order chi connectivity index (χ1) is 6.86. The highest BCUT2D eigenvalue weighted by Crippen LogP contribution is 2.29. The quantitative estimate of drug-likeness (QED) is 0.419. The summed E-state index contributed by atoms with van der Waals surface area (Å²) in [5.41, 5.74) is 5.89. The van der Waals surface area contributed by atoms with Crippen molar-refractivity contribution >= 4 is 5.84 Å². The van der Waals surface area contributed by atoms with Crippen molar-refractivity contribution in [2.75, 3.05) is 6.54 Å². The minimum atomic E-state index is 0.653. The molecule has 0 unspecified atom stereocenters. The molecule has 2 aliphatic rings. The van der Waals surface area contributed by atoms with E-state index in [0.29, 0.717) is 5.92 Å². The second-order valence-corrected chi connectivity index (χ2v) is 4.90. The Hall–Kier alpha value is -0.530. The molecule has 0 amide bonds. The average molecular weight is 194 g/mol. The lowest BCUT2D eigenvalue weighted by Crippen LogP contribution is -2.16. The largest absolute Gasteiger partial charge is 0.387 e. The molecule has 2 N–H and O–H groups in total. The van der Waals surface area contributed by atoms with Gasteiger partial charge in [-0.25, -0.2) is 0 Å². The van der Waals surface area contributed by atoms with Gasteiger partial charge in [0.1, 0.15) is 0 Å². The smallest absolute Gasteiger partial charge is 0.0968 e. The van der Waals surface area contributed by atoms with Crippen molar-refractivity contribution in [3.8, 4) is 0 Å². The van der Waals surface area contributed by atoms with Gasteiger partial charge in [-0.2, -0.15) is 0 Å². The highest BCUT2D eigenvalue weighted by Gasteiger charge is 2.25. The highest BCUT2D eigenvalue weighted by atomic mass is 14.9. The molecule has 0 atom stereocenters. The number of rotatable bonds is 3. The Balaban J connectivity index is 1.74. The number of hydrogen-bond acceptors (Lipinski definition) is 1. The summed E-state index contributed by atoms with van der Waals surface area (Å²) in [6.45, 7) is 1.00. The predicted molar refractivity (Wildman–Crippen MR) is 60.4 cm³/mol. The molecule has 0 aromatic heterocycles. The minimum Gasteiger partial charge on any atom is -0.387 e. The third-order valence-corrected chi connectivity index (χ3v) is 3.50. The fraction of sp³-hybridized carbons (Fsp3) is 0.917. The van der Waals surface area contributed by atoms with Crippen molar-refractivity contribution in [1.29, 1.82) is 0 Å². The van der Waals surface area contributed by atoms with Crippen LogP contribution in [-0.4, -0.2) is 12.4 Å². The van der Waals surface area contributed by atoms with Crippen LogP contribution >= 0.6 is 0 Å². The van der Waals surface area contributed by atoms with Gasteiger partial charge in [0.25, 0.3) is 0 Å². The molecule has 0 aromatic carbocycles. The molecule has 2 nitrogen and oxygen atoms in total. The summed E-state index contributed by atoms with van der Waals surface area (Å²) in [6, 6.07) is 0. The van der Waals surface area contributed by atoms with Crippen molar-refractivity contribution in [2.45, 2.75) is 51.4 Å². The van der Waals surface area contributed by atoms with E-state index in [9.17, 15) is 0 Å². The lowest BCUT2D eigenvalue weighted by molar-refractivity contribution is 0.471. The predicted octanol–water partition coefficient (Wildman–Crippen LogP) is 2.72. The third kappa shape index (κ3) is 3.00. The molecule has 0 aromatic rings. The van der Waals surface area contributed by atoms with Gasteiger partial charge in [-0.05, 0) is 31.6 Å². The zero-order valence-electron chi connectivity index (χ0n) is 9.04. The lowest BCUT2D eigenvalue weighted by atomic mass is 10.0. The van der Waals surface area contributed by atoms with Crippen LogP contribution in [0.1, 0.15) is 51.4 Å². The summed E-state index contributed by atoms with van der Waals surface area (Å²) in [5, 5.41) is 0. The van der Waals surface area contributed by atoms with Crippen LogP contribution in [0, 0.1) is 11.8 Å². The van der Waals surface area contributed by atoms with E-state index in [-0.39, 0.29) is 0 Å². The Bertz CT molecular complexity index is 198. The molecule has 2 heteroatoms. The van der Waals surface area contributed by atoms with Gasteiger partial charge < -0.3 is 5.73 Å². The molecule has 0 spiro atoms. The summed E-state index contributed by atoms with van der Waals surface area (Å²) in [7, 11) is 0. The SMILES string of the molecule is NC(=NCC1CCCCCC1)C1CC1. The standard InChI is InChI=1S/C12H22N2/c13-12(11-7-8-11)14-9-10-5-3-1-2-4-6-10/h10-11H,1-9H2,(H2,13,14). The highest BCUT2D eigenvalue weighted by molar-refractivity contribution is 5.84. The van der Waals surface area contributed by atoms with Crippen molar-refractivity contribution < 1.29 is 0 Å². The van der Waals surface area contributed by atoms with E-state index in [1.54, 1.807) is 0 Å². The van der Waals surface area contributed by atoms with Gasteiger partial charge in [-0.1, -0.05) is 25.7 Å². The zero-order chi connectivity index (χ0) is 9.80. The molecular formula is C12H22N2. The molecule has 14 heavy (non-hydrogen) atoms. The Kier molecular flexibility index (Phi) is 3.44. The fourth-order valence-corrected chi connectivity index (χ4v) is 2.29. The summed E-state index contributed by atoms with van der Waals surface area (Å²) in [4.78, 5) is 4.55. The number of nitrogens with two attached hydrogens (primary N) is 1. The zero-order valence-corrected chi connectivity index (χ0v) is 9.04. The molecule has 80 valence electrons. The summed E-state index contributed by atoms with van der Waals surface area (Å²) in [6.07, 6.45) is 11.0. The molecule has 0 saturated heterocycles. The van der Waals surface area contributed by atoms with Crippen LogP contribution in [0.4, 0.5) is 0 Å². The van der Waals surface area contributed by atoms with Crippen LogP contribution in [0.15, 0.2) is 4.99 Å². The molecule has 2 rings (SSSR count). The summed E-state index contributed by atoms with van der Waals surface area (Å²) in [5.74, 6) is 2.42. The first-order valence-electron chi connectivity index (χ1n) is 6.16. The molecule has 0 heterocycles. The van der Waals surface area contributed by atoms with Gasteiger partial charge >= 0.3 is 0 Å². The second kappa shape index (κ2) is 4.81. The third-order valence-electron chi connectivity index (χ3n) is 3.50. The number of aliphatic imine (C=N–C) groups is 1. The van der Waals surface area contributed by atoms with E-state index >= 15 is 0 Å². The van der Waals surface area contributed by atoms with Crippen molar-refractivity contribution in [3.63, 3.8) is 0 Å². The van der Waals surface area contributed by atoms with E-state index in [2.05, 4.69) is 4.99 Å². The average Bonchev–Trinajstić information content (AvgIpc) is 3.01. The van der Waals surface area contributed by atoms with Crippen LogP contribution in [0.25, 0.3) is 0 Å². The number of amidine groups is 1. The second-order valence-electron chi connectivity index (χ2n) is 4.90. The first kappa shape index (κ1) is 10.0. The van der Waals surface area contributed by atoms with Crippen molar-refractivity contribution in [3.05, 3.63) is 0 Å². The molecule has 2 saturated carbocycles. The van der Waals surface area contributed by atoms with Gasteiger partial charge in [-0.3, -0.25) is 4.99 Å². The van der Waals surface area contributed by atoms with Gasteiger partial charge in [0.05, 0.1) is 5.84 Å². The fourth-order valence-electron chi connectivity index (χ4n) is 2.29. The Morgan fingerprint density at radius 1 is 1.00 bits per heavy atom. The van der Waals surface area contributed by atoms with Crippen LogP contribution in [0.3, 0.4) is 0 Å². The van der Waals surface area contributed by atoms with E-state index < -0.39 is 0 Å². The van der Waals surface area contributed by atoms with Crippen LogP contribution in [0.2, 0.25) is 0 Å². The molecule has 0 radical (unpaired) electrons. The number of nitrogens with zero attached hydrogens (tertiary/aromatic N) is 1. The maximum atomic E-state index is 5.89. The van der Waals surface area contributed by atoms with Gasteiger partial charge in [0, 0.05) is 12.5 Å². The minimum absolute atomic E-state index is 0.653. The first-order valence-corrected chi connectivity index (χ1v) is 6.16. The monoisotopic (exact) mass is 194 g/mol. The van der Waals surface area contributed by atoms with E-state index in [1.165, 1.54) is 51.4 Å². The normalized spacial score (nSPS) is 26.1. The van der Waals surface area contributed by atoms with Crippen molar-refractivity contribution in [1.82, 2.24) is 0 Å². The topological polar surface area (TPSA) is 38.4 Å². The van der Waals surface area contributed by atoms with E-state index in [4.69, 9.17) is 5.73 Å². The van der Waals surface area contributed by atoms with E-state index in [0.717, 1.165) is 18.3 Å². The molecular weight excluding hydrogens is 172 g/mol. The van der Waals surface area contributed by atoms with Gasteiger partial charge in [0.2, 0.25) is 0 Å². The van der Waals surface area contributed by atoms with Crippen LogP contribution in [0.5, 0.6) is 0 Å². The maximum absolute atomic E-state index is 5.89.